The molecular formula is C10H13NO4S. The van der Waals surface area contributed by atoms with E-state index in [2.05, 4.69) is 10.1 Å². The van der Waals surface area contributed by atoms with Crippen molar-refractivity contribution in [2.24, 2.45) is 0 Å². The second kappa shape index (κ2) is 5.69. The molecule has 0 radical (unpaired) electrons. The molecule has 0 aromatic heterocycles. The van der Waals surface area contributed by atoms with Crippen LogP contribution in [0.1, 0.15) is 19.8 Å². The van der Waals surface area contributed by atoms with Gasteiger partial charge >= 0.3 is 5.97 Å². The summed E-state index contributed by atoms with van der Waals surface area (Å²) in [6.45, 7) is 1.46. The summed E-state index contributed by atoms with van der Waals surface area (Å²) in [7, 11) is 1.22. The maximum absolute atomic E-state index is 11.4. The summed E-state index contributed by atoms with van der Waals surface area (Å²) >= 11 is 1.42. The molecule has 1 N–H and O–H groups in total. The van der Waals surface area contributed by atoms with Crippen LogP contribution in [0.4, 0.5) is 0 Å². The molecule has 0 unspecified atom stereocenters. The zero-order chi connectivity index (χ0) is 12.1. The Labute approximate surface area is 97.6 Å². The van der Waals surface area contributed by atoms with Gasteiger partial charge in [0.05, 0.1) is 12.0 Å². The van der Waals surface area contributed by atoms with Gasteiger partial charge in [0.15, 0.2) is 5.78 Å². The van der Waals surface area contributed by atoms with E-state index in [9.17, 15) is 14.4 Å². The summed E-state index contributed by atoms with van der Waals surface area (Å²) in [5.41, 5.74) is 0.617. The third-order valence-corrected chi connectivity index (χ3v) is 3.25. The first kappa shape index (κ1) is 12.8. The molecule has 88 valence electrons. The Balaban J connectivity index is 2.59. The molecule has 0 atom stereocenters. The molecule has 1 aliphatic heterocycles. The first-order valence-electron chi connectivity index (χ1n) is 4.78. The van der Waals surface area contributed by atoms with E-state index in [0.29, 0.717) is 17.0 Å². The first-order chi connectivity index (χ1) is 7.54. The number of Topliss-reactive ketones (excluding diaryl/α,β-unsaturated/α-hetero) is 1. The monoisotopic (exact) mass is 243 g/mol. The number of hydrogen-bond acceptors (Lipinski definition) is 5. The van der Waals surface area contributed by atoms with Crippen molar-refractivity contribution in [3.8, 4) is 0 Å². The summed E-state index contributed by atoms with van der Waals surface area (Å²) in [4.78, 5) is 34.0. The van der Waals surface area contributed by atoms with Crippen molar-refractivity contribution in [3.05, 3.63) is 10.6 Å². The van der Waals surface area contributed by atoms with Gasteiger partial charge in [0.25, 0.3) is 0 Å². The predicted octanol–water partition coefficient (Wildman–Crippen LogP) is 0.603. The minimum Gasteiger partial charge on any atom is -0.469 e. The van der Waals surface area contributed by atoms with E-state index < -0.39 is 11.9 Å². The Kier molecular flexibility index (Phi) is 4.54. The fourth-order valence-electron chi connectivity index (χ4n) is 1.30. The van der Waals surface area contributed by atoms with Gasteiger partial charge in [-0.3, -0.25) is 14.4 Å². The molecule has 0 bridgehead atoms. The maximum Gasteiger partial charge on any atom is 0.315 e. The van der Waals surface area contributed by atoms with Gasteiger partial charge in [0.2, 0.25) is 5.91 Å². The van der Waals surface area contributed by atoms with Crippen LogP contribution in [0.5, 0.6) is 0 Å². The molecule has 6 heteroatoms. The van der Waals surface area contributed by atoms with Crippen molar-refractivity contribution in [2.45, 2.75) is 19.8 Å². The highest BCUT2D eigenvalue weighted by molar-refractivity contribution is 8.04. The Hall–Kier alpha value is -1.30. The van der Waals surface area contributed by atoms with Gasteiger partial charge < -0.3 is 10.1 Å². The molecule has 0 aromatic rings. The van der Waals surface area contributed by atoms with E-state index in [1.54, 1.807) is 0 Å². The summed E-state index contributed by atoms with van der Waals surface area (Å²) in [6, 6.07) is 0. The van der Waals surface area contributed by atoms with E-state index in [-0.39, 0.29) is 12.2 Å². The Morgan fingerprint density at radius 3 is 2.69 bits per heavy atom. The standard InChI is InChI=1S/C10H13NO4S/c1-6(12)10-7(3-4-16-10)11-8(13)5-9(14)15-2/h3-5H2,1-2H3,(H,11,13). The minimum atomic E-state index is -0.590. The van der Waals surface area contributed by atoms with Crippen LogP contribution < -0.4 is 5.32 Å². The van der Waals surface area contributed by atoms with Gasteiger partial charge in [0, 0.05) is 11.4 Å². The highest BCUT2D eigenvalue weighted by Gasteiger charge is 2.21. The number of rotatable bonds is 4. The predicted molar refractivity (Wildman–Crippen MR) is 59.6 cm³/mol. The smallest absolute Gasteiger partial charge is 0.315 e. The third kappa shape index (κ3) is 3.37. The second-order valence-electron chi connectivity index (χ2n) is 3.26. The van der Waals surface area contributed by atoms with Crippen molar-refractivity contribution >= 4 is 29.4 Å². The van der Waals surface area contributed by atoms with Crippen molar-refractivity contribution < 1.29 is 19.1 Å². The summed E-state index contributed by atoms with van der Waals surface area (Å²) < 4.78 is 4.37. The molecule has 0 aromatic carbocycles. The number of thioether (sulfide) groups is 1. The minimum absolute atomic E-state index is 0.0594. The lowest BCUT2D eigenvalue weighted by Gasteiger charge is -2.06. The van der Waals surface area contributed by atoms with Crippen LogP contribution >= 0.6 is 11.8 Å². The van der Waals surface area contributed by atoms with Crippen LogP contribution in [0.3, 0.4) is 0 Å². The quantitative estimate of drug-likeness (QED) is 0.578. The number of carbonyl (C=O) groups is 3. The van der Waals surface area contributed by atoms with Crippen LogP contribution in [-0.2, 0) is 19.1 Å². The average Bonchev–Trinajstić information content (AvgIpc) is 2.65. The van der Waals surface area contributed by atoms with Gasteiger partial charge in [-0.1, -0.05) is 0 Å². The Morgan fingerprint density at radius 1 is 1.44 bits per heavy atom. The lowest BCUT2D eigenvalue weighted by Crippen LogP contribution is -2.26. The van der Waals surface area contributed by atoms with Crippen LogP contribution in [0.15, 0.2) is 10.6 Å². The number of ketones is 1. The van der Waals surface area contributed by atoms with Crippen LogP contribution in [0, 0.1) is 0 Å². The van der Waals surface area contributed by atoms with Crippen molar-refractivity contribution in [2.75, 3.05) is 12.9 Å². The van der Waals surface area contributed by atoms with Crippen molar-refractivity contribution in [1.29, 1.82) is 0 Å². The van der Waals surface area contributed by atoms with E-state index in [1.165, 1.54) is 25.8 Å². The van der Waals surface area contributed by atoms with Gasteiger partial charge in [-0.15, -0.1) is 11.8 Å². The zero-order valence-corrected chi connectivity index (χ0v) is 9.98. The van der Waals surface area contributed by atoms with E-state index in [4.69, 9.17) is 0 Å². The van der Waals surface area contributed by atoms with E-state index >= 15 is 0 Å². The third-order valence-electron chi connectivity index (χ3n) is 2.02. The van der Waals surface area contributed by atoms with Gasteiger partial charge in [-0.25, -0.2) is 0 Å². The van der Waals surface area contributed by atoms with Crippen molar-refractivity contribution in [1.82, 2.24) is 5.32 Å². The van der Waals surface area contributed by atoms with Gasteiger partial charge in [0.1, 0.15) is 6.42 Å². The Morgan fingerprint density at radius 2 is 2.12 bits per heavy atom. The van der Waals surface area contributed by atoms with Crippen molar-refractivity contribution in [3.63, 3.8) is 0 Å². The second-order valence-corrected chi connectivity index (χ2v) is 4.37. The largest absolute Gasteiger partial charge is 0.469 e. The lowest BCUT2D eigenvalue weighted by atomic mass is 10.2. The van der Waals surface area contributed by atoms with Crippen LogP contribution in [0.25, 0.3) is 0 Å². The zero-order valence-electron chi connectivity index (χ0n) is 9.16. The Bertz CT molecular complexity index is 362. The topological polar surface area (TPSA) is 72.5 Å². The molecule has 1 heterocycles. The number of ether oxygens (including phenoxy) is 1. The van der Waals surface area contributed by atoms with Crippen LogP contribution in [0.2, 0.25) is 0 Å². The van der Waals surface area contributed by atoms with Crippen LogP contribution in [-0.4, -0.2) is 30.5 Å². The molecule has 0 spiro atoms. The highest BCUT2D eigenvalue weighted by Crippen LogP contribution is 2.30. The fraction of sp³-hybridized carbons (Fsp3) is 0.500. The molecule has 1 rings (SSSR count). The summed E-state index contributed by atoms with van der Waals surface area (Å²) in [5.74, 6) is -0.310. The average molecular weight is 243 g/mol. The van der Waals surface area contributed by atoms with Gasteiger partial charge in [-0.2, -0.15) is 0 Å². The number of esters is 1. The highest BCUT2D eigenvalue weighted by atomic mass is 32.2. The number of hydrogen-bond donors (Lipinski definition) is 1. The molecule has 0 aliphatic carbocycles. The molecule has 0 saturated carbocycles. The van der Waals surface area contributed by atoms with E-state index in [0.717, 1.165) is 5.75 Å². The molecule has 16 heavy (non-hydrogen) atoms. The molecule has 1 aliphatic rings. The number of allylic oxidation sites excluding steroid dienone is 2. The number of methoxy groups -OCH3 is 1. The maximum atomic E-state index is 11.4. The normalized spacial score (nSPS) is 14.9. The first-order valence-corrected chi connectivity index (χ1v) is 5.76. The molecule has 0 saturated heterocycles. The molecule has 5 nitrogen and oxygen atoms in total. The lowest BCUT2D eigenvalue weighted by molar-refractivity contribution is -0.143. The van der Waals surface area contributed by atoms with Gasteiger partial charge in [-0.05, 0) is 13.3 Å². The molecule has 0 fully saturated rings. The summed E-state index contributed by atoms with van der Waals surface area (Å²) in [5, 5.41) is 2.57. The fourth-order valence-corrected chi connectivity index (χ4v) is 2.35. The number of carbonyl (C=O) groups excluding carboxylic acids is 3. The molecular weight excluding hydrogens is 230 g/mol. The van der Waals surface area contributed by atoms with E-state index in [1.807, 2.05) is 0 Å². The SMILES string of the molecule is COC(=O)CC(=O)NC1=C(C(C)=O)SCC1. The molecule has 1 amide bonds. The summed E-state index contributed by atoms with van der Waals surface area (Å²) in [6.07, 6.45) is 0.322. The number of nitrogens with one attached hydrogen (secondary N) is 1. The number of amides is 1.